The Labute approximate surface area is 151 Å². The van der Waals surface area contributed by atoms with E-state index in [2.05, 4.69) is 24.3 Å². The number of nitrogens with zero attached hydrogens (tertiary/aromatic N) is 1. The van der Waals surface area contributed by atoms with Crippen molar-refractivity contribution in [1.82, 2.24) is 10.2 Å². The van der Waals surface area contributed by atoms with E-state index in [-0.39, 0.29) is 11.9 Å². The maximum atomic E-state index is 12.7. The zero-order valence-corrected chi connectivity index (χ0v) is 16.0. The molecule has 1 aromatic carbocycles. The molecule has 0 spiro atoms. The molecule has 0 heterocycles. The standard InChI is InChI=1S/C20H32N2O3/c1-5-24-18-12-11-15(13-19(18)25-6-2)20(23)21-17-10-8-7-9-16(17)14-22(3)4/h11-13,16-17H,5-10,14H2,1-4H3,(H,21,23). The first-order valence-corrected chi connectivity index (χ1v) is 9.40. The third-order valence-electron chi connectivity index (χ3n) is 4.63. The highest BCUT2D eigenvalue weighted by atomic mass is 16.5. The Bertz CT molecular complexity index is 560. The molecule has 25 heavy (non-hydrogen) atoms. The summed E-state index contributed by atoms with van der Waals surface area (Å²) in [5.41, 5.74) is 0.626. The Hall–Kier alpha value is -1.75. The number of amides is 1. The highest BCUT2D eigenvalue weighted by Crippen LogP contribution is 2.29. The maximum absolute atomic E-state index is 12.7. The highest BCUT2D eigenvalue weighted by Gasteiger charge is 2.27. The lowest BCUT2D eigenvalue weighted by Crippen LogP contribution is -2.45. The molecule has 1 saturated carbocycles. The molecule has 0 radical (unpaired) electrons. The zero-order valence-electron chi connectivity index (χ0n) is 16.0. The van der Waals surface area contributed by atoms with Crippen molar-refractivity contribution in [2.24, 2.45) is 5.92 Å². The van der Waals surface area contributed by atoms with E-state index >= 15 is 0 Å². The van der Waals surface area contributed by atoms with Crippen LogP contribution in [0.15, 0.2) is 18.2 Å². The van der Waals surface area contributed by atoms with E-state index in [1.165, 1.54) is 19.3 Å². The van der Waals surface area contributed by atoms with Crippen LogP contribution in [0.25, 0.3) is 0 Å². The number of rotatable bonds is 8. The van der Waals surface area contributed by atoms with Crippen LogP contribution in [0.5, 0.6) is 11.5 Å². The molecule has 2 rings (SSSR count). The predicted molar refractivity (Wildman–Crippen MR) is 101 cm³/mol. The fourth-order valence-corrected chi connectivity index (χ4v) is 3.53. The highest BCUT2D eigenvalue weighted by molar-refractivity contribution is 5.95. The lowest BCUT2D eigenvalue weighted by atomic mass is 9.84. The van der Waals surface area contributed by atoms with Crippen molar-refractivity contribution in [2.45, 2.75) is 45.6 Å². The van der Waals surface area contributed by atoms with Crippen LogP contribution in [0.3, 0.4) is 0 Å². The van der Waals surface area contributed by atoms with Crippen LogP contribution in [0.1, 0.15) is 49.9 Å². The molecule has 0 bridgehead atoms. The van der Waals surface area contributed by atoms with E-state index in [1.54, 1.807) is 6.07 Å². The third kappa shape index (κ3) is 5.63. The van der Waals surface area contributed by atoms with E-state index in [1.807, 2.05) is 26.0 Å². The average Bonchev–Trinajstić information content (AvgIpc) is 2.58. The van der Waals surface area contributed by atoms with Crippen LogP contribution in [-0.4, -0.2) is 50.7 Å². The second kappa shape index (κ2) is 9.66. The fourth-order valence-electron chi connectivity index (χ4n) is 3.53. The number of ether oxygens (including phenoxy) is 2. The van der Waals surface area contributed by atoms with Crippen LogP contribution in [0.2, 0.25) is 0 Å². The number of carbonyl (C=O) groups excluding carboxylic acids is 1. The topological polar surface area (TPSA) is 50.8 Å². The molecular formula is C20H32N2O3. The van der Waals surface area contributed by atoms with Crippen LogP contribution in [0, 0.1) is 5.92 Å². The van der Waals surface area contributed by atoms with Gasteiger partial charge in [0.15, 0.2) is 11.5 Å². The van der Waals surface area contributed by atoms with E-state index in [4.69, 9.17) is 9.47 Å². The number of carbonyl (C=O) groups is 1. The van der Waals surface area contributed by atoms with Gasteiger partial charge in [-0.05, 0) is 64.9 Å². The first-order chi connectivity index (χ1) is 12.0. The summed E-state index contributed by atoms with van der Waals surface area (Å²) in [6.45, 7) is 5.98. The second-order valence-corrected chi connectivity index (χ2v) is 6.91. The third-order valence-corrected chi connectivity index (χ3v) is 4.63. The summed E-state index contributed by atoms with van der Waals surface area (Å²) in [5.74, 6) is 1.80. The van der Waals surface area contributed by atoms with Crippen molar-refractivity contribution in [3.8, 4) is 11.5 Å². The molecule has 5 heteroatoms. The number of hydrogen-bond acceptors (Lipinski definition) is 4. The predicted octanol–water partition coefficient (Wildman–Crippen LogP) is 3.33. The van der Waals surface area contributed by atoms with Crippen LogP contribution < -0.4 is 14.8 Å². The molecule has 2 atom stereocenters. The first kappa shape index (κ1) is 19.6. The van der Waals surface area contributed by atoms with Crippen molar-refractivity contribution < 1.29 is 14.3 Å². The summed E-state index contributed by atoms with van der Waals surface area (Å²) in [6.07, 6.45) is 4.67. The SMILES string of the molecule is CCOc1ccc(C(=O)NC2CCCCC2CN(C)C)cc1OCC. The summed E-state index contributed by atoms with van der Waals surface area (Å²) in [4.78, 5) is 15.0. The fraction of sp³-hybridized carbons (Fsp3) is 0.650. The van der Waals surface area contributed by atoms with Gasteiger partial charge in [0.1, 0.15) is 0 Å². The Morgan fingerprint density at radius 2 is 1.80 bits per heavy atom. The largest absolute Gasteiger partial charge is 0.490 e. The second-order valence-electron chi connectivity index (χ2n) is 6.91. The minimum absolute atomic E-state index is 0.0281. The van der Waals surface area contributed by atoms with Gasteiger partial charge in [0, 0.05) is 18.2 Å². The van der Waals surface area contributed by atoms with Crippen molar-refractivity contribution >= 4 is 5.91 Å². The van der Waals surface area contributed by atoms with Gasteiger partial charge < -0.3 is 19.7 Å². The van der Waals surface area contributed by atoms with Crippen LogP contribution in [-0.2, 0) is 0 Å². The lowest BCUT2D eigenvalue weighted by molar-refractivity contribution is 0.0895. The molecule has 1 aliphatic rings. The normalized spacial score (nSPS) is 20.4. The lowest BCUT2D eigenvalue weighted by Gasteiger charge is -2.34. The van der Waals surface area contributed by atoms with Gasteiger partial charge in [-0.25, -0.2) is 0 Å². The zero-order chi connectivity index (χ0) is 18.2. The van der Waals surface area contributed by atoms with Crippen LogP contribution >= 0.6 is 0 Å². The Morgan fingerprint density at radius 3 is 2.48 bits per heavy atom. The molecule has 1 N–H and O–H groups in total. The minimum Gasteiger partial charge on any atom is -0.490 e. The smallest absolute Gasteiger partial charge is 0.251 e. The van der Waals surface area contributed by atoms with Crippen molar-refractivity contribution in [2.75, 3.05) is 33.9 Å². The monoisotopic (exact) mass is 348 g/mol. The number of hydrogen-bond donors (Lipinski definition) is 1. The van der Waals surface area contributed by atoms with Gasteiger partial charge in [-0.1, -0.05) is 12.8 Å². The Kier molecular flexibility index (Phi) is 7.56. The van der Waals surface area contributed by atoms with E-state index in [9.17, 15) is 4.79 Å². The van der Waals surface area contributed by atoms with Gasteiger partial charge in [-0.15, -0.1) is 0 Å². The Morgan fingerprint density at radius 1 is 1.12 bits per heavy atom. The molecule has 1 aromatic rings. The Balaban J connectivity index is 2.09. The number of nitrogens with one attached hydrogen (secondary N) is 1. The van der Waals surface area contributed by atoms with Crippen molar-refractivity contribution in [3.05, 3.63) is 23.8 Å². The van der Waals surface area contributed by atoms with Crippen molar-refractivity contribution in [1.29, 1.82) is 0 Å². The molecule has 1 amide bonds. The maximum Gasteiger partial charge on any atom is 0.251 e. The van der Waals surface area contributed by atoms with E-state index in [0.717, 1.165) is 13.0 Å². The first-order valence-electron chi connectivity index (χ1n) is 9.40. The average molecular weight is 348 g/mol. The molecule has 5 nitrogen and oxygen atoms in total. The van der Waals surface area contributed by atoms with Gasteiger partial charge in [-0.2, -0.15) is 0 Å². The molecule has 0 aliphatic heterocycles. The van der Waals surface area contributed by atoms with Gasteiger partial charge in [-0.3, -0.25) is 4.79 Å². The summed E-state index contributed by atoms with van der Waals surface area (Å²) >= 11 is 0. The van der Waals surface area contributed by atoms with Gasteiger partial charge in [0.05, 0.1) is 13.2 Å². The molecule has 1 fully saturated rings. The summed E-state index contributed by atoms with van der Waals surface area (Å²) in [6, 6.07) is 5.66. The van der Waals surface area contributed by atoms with Crippen LogP contribution in [0.4, 0.5) is 0 Å². The minimum atomic E-state index is -0.0281. The summed E-state index contributed by atoms with van der Waals surface area (Å²) in [7, 11) is 4.18. The van der Waals surface area contributed by atoms with Gasteiger partial charge >= 0.3 is 0 Å². The van der Waals surface area contributed by atoms with Crippen molar-refractivity contribution in [3.63, 3.8) is 0 Å². The summed E-state index contributed by atoms with van der Waals surface area (Å²) in [5, 5.41) is 3.25. The van der Waals surface area contributed by atoms with E-state index < -0.39 is 0 Å². The molecule has 0 saturated heterocycles. The van der Waals surface area contributed by atoms with Gasteiger partial charge in [0.25, 0.3) is 5.91 Å². The van der Waals surface area contributed by atoms with E-state index in [0.29, 0.717) is 36.2 Å². The quantitative estimate of drug-likeness (QED) is 0.783. The van der Waals surface area contributed by atoms with Gasteiger partial charge in [0.2, 0.25) is 0 Å². The molecule has 1 aliphatic carbocycles. The molecule has 140 valence electrons. The molecular weight excluding hydrogens is 316 g/mol. The summed E-state index contributed by atoms with van der Waals surface area (Å²) < 4.78 is 11.2. The number of benzene rings is 1. The molecule has 2 unspecified atom stereocenters. The molecule has 0 aromatic heterocycles.